The maximum Gasteiger partial charge on any atom is 0.222 e. The van der Waals surface area contributed by atoms with Gasteiger partial charge in [0.25, 0.3) is 0 Å². The number of benzene rings is 1. The maximum absolute atomic E-state index is 13.5. The molecule has 1 aromatic carbocycles. The van der Waals surface area contributed by atoms with Crippen LogP contribution in [0.25, 0.3) is 0 Å². The molecule has 0 radical (unpaired) electrons. The van der Waals surface area contributed by atoms with Crippen LogP contribution >= 0.6 is 0 Å². The summed E-state index contributed by atoms with van der Waals surface area (Å²) in [5.41, 5.74) is -0.424. The zero-order valence-corrected chi connectivity index (χ0v) is 13.2. The number of hydrogen-bond acceptors (Lipinski definition) is 3. The lowest BCUT2D eigenvalue weighted by molar-refractivity contribution is 0.101. The number of halogens is 2. The Labute approximate surface area is 123 Å². The topological polar surface area (TPSA) is 54.5 Å². The first-order chi connectivity index (χ1) is 9.56. The van der Waals surface area contributed by atoms with Crippen LogP contribution in [0.15, 0.2) is 18.2 Å². The van der Waals surface area contributed by atoms with Gasteiger partial charge in [-0.15, -0.1) is 0 Å². The second kappa shape index (κ2) is 6.62. The molecule has 0 aliphatic heterocycles. The van der Waals surface area contributed by atoms with Gasteiger partial charge in [0.05, 0.1) is 5.56 Å². The first-order valence-corrected chi connectivity index (χ1v) is 8.16. The van der Waals surface area contributed by atoms with Crippen molar-refractivity contribution in [2.45, 2.75) is 39.8 Å². The number of Topliss-reactive ketones (excluding diaryl/α,β-unsaturated/α-hetero) is 1. The van der Waals surface area contributed by atoms with Gasteiger partial charge < -0.3 is 0 Å². The first kappa shape index (κ1) is 17.7. The Bertz CT molecular complexity index is 619. The van der Waals surface area contributed by atoms with Crippen molar-refractivity contribution in [1.29, 1.82) is 0 Å². The highest BCUT2D eigenvalue weighted by molar-refractivity contribution is 7.89. The number of sulfonamides is 1. The Morgan fingerprint density at radius 1 is 1.14 bits per heavy atom. The highest BCUT2D eigenvalue weighted by Crippen LogP contribution is 2.16. The third-order valence-electron chi connectivity index (χ3n) is 2.88. The van der Waals surface area contributed by atoms with E-state index in [0.29, 0.717) is 6.07 Å². The Kier molecular flexibility index (Phi) is 5.58. The Morgan fingerprint density at radius 2 is 1.67 bits per heavy atom. The summed E-state index contributed by atoms with van der Waals surface area (Å²) in [5.74, 6) is -3.61. The SMILES string of the molecule is CC(C)N(C(C)C)S(=O)(=O)CC(=O)c1ccc(F)cc1F. The zero-order chi connectivity index (χ0) is 16.4. The van der Waals surface area contributed by atoms with Gasteiger partial charge in [-0.25, -0.2) is 17.2 Å². The minimum Gasteiger partial charge on any atom is -0.293 e. The fourth-order valence-electron chi connectivity index (χ4n) is 2.27. The third kappa shape index (κ3) is 4.31. The fourth-order valence-corrected chi connectivity index (χ4v) is 4.19. The normalized spacial score (nSPS) is 12.4. The molecule has 0 aromatic heterocycles. The molecule has 0 aliphatic rings. The predicted octanol–water partition coefficient (Wildman–Crippen LogP) is 2.60. The molecule has 7 heteroatoms. The van der Waals surface area contributed by atoms with Crippen LogP contribution in [0.4, 0.5) is 8.78 Å². The van der Waals surface area contributed by atoms with Crippen molar-refractivity contribution in [3.63, 3.8) is 0 Å². The Morgan fingerprint density at radius 3 is 2.10 bits per heavy atom. The minimum atomic E-state index is -3.87. The summed E-state index contributed by atoms with van der Waals surface area (Å²) >= 11 is 0. The van der Waals surface area contributed by atoms with E-state index in [9.17, 15) is 22.0 Å². The predicted molar refractivity (Wildman–Crippen MR) is 76.6 cm³/mol. The van der Waals surface area contributed by atoms with Gasteiger partial charge in [-0.2, -0.15) is 4.31 Å². The van der Waals surface area contributed by atoms with E-state index in [4.69, 9.17) is 0 Å². The number of nitrogens with zero attached hydrogens (tertiary/aromatic N) is 1. The molecule has 0 saturated heterocycles. The van der Waals surface area contributed by atoms with E-state index < -0.39 is 38.8 Å². The molecular formula is C14H19F2NO3S. The molecule has 0 saturated carbocycles. The summed E-state index contributed by atoms with van der Waals surface area (Å²) < 4.78 is 52.1. The molecule has 0 aliphatic carbocycles. The molecule has 0 amide bonds. The van der Waals surface area contributed by atoms with Crippen molar-refractivity contribution in [2.24, 2.45) is 0 Å². The van der Waals surface area contributed by atoms with Gasteiger partial charge in [0.15, 0.2) is 5.78 Å². The maximum atomic E-state index is 13.5. The molecule has 0 N–H and O–H groups in total. The summed E-state index contributed by atoms with van der Waals surface area (Å²) in [6, 6.07) is 1.80. The van der Waals surface area contributed by atoms with Crippen molar-refractivity contribution in [3.8, 4) is 0 Å². The Balaban J connectivity index is 3.05. The second-order valence-corrected chi connectivity index (χ2v) is 7.20. The van der Waals surface area contributed by atoms with Gasteiger partial charge in [0.2, 0.25) is 10.0 Å². The molecule has 0 bridgehead atoms. The van der Waals surface area contributed by atoms with E-state index >= 15 is 0 Å². The molecule has 21 heavy (non-hydrogen) atoms. The molecule has 0 atom stereocenters. The molecule has 118 valence electrons. The number of carbonyl (C=O) groups is 1. The standard InChI is InChI=1S/C14H19F2NO3S/c1-9(2)17(10(3)4)21(19,20)8-14(18)12-6-5-11(15)7-13(12)16/h5-7,9-10H,8H2,1-4H3. The van der Waals surface area contributed by atoms with Crippen LogP contribution in [0.5, 0.6) is 0 Å². The molecule has 1 aromatic rings. The number of ketones is 1. The van der Waals surface area contributed by atoms with E-state index in [0.717, 1.165) is 12.1 Å². The van der Waals surface area contributed by atoms with E-state index in [1.807, 2.05) is 0 Å². The van der Waals surface area contributed by atoms with Gasteiger partial charge in [0.1, 0.15) is 17.4 Å². The monoisotopic (exact) mass is 319 g/mol. The van der Waals surface area contributed by atoms with Crippen molar-refractivity contribution in [3.05, 3.63) is 35.4 Å². The molecule has 0 fully saturated rings. The summed E-state index contributed by atoms with van der Waals surface area (Å²) in [6.45, 7) is 6.78. The fraction of sp³-hybridized carbons (Fsp3) is 0.500. The van der Waals surface area contributed by atoms with Crippen LogP contribution in [-0.4, -0.2) is 36.3 Å². The summed E-state index contributed by atoms with van der Waals surface area (Å²) in [7, 11) is -3.87. The lowest BCUT2D eigenvalue weighted by Crippen LogP contribution is -2.44. The smallest absolute Gasteiger partial charge is 0.222 e. The first-order valence-electron chi connectivity index (χ1n) is 6.55. The summed E-state index contributed by atoms with van der Waals surface area (Å²) in [4.78, 5) is 12.0. The molecule has 4 nitrogen and oxygen atoms in total. The van der Waals surface area contributed by atoms with Crippen LogP contribution in [-0.2, 0) is 10.0 Å². The molecule has 0 spiro atoms. The van der Waals surface area contributed by atoms with Gasteiger partial charge in [-0.05, 0) is 39.8 Å². The van der Waals surface area contributed by atoms with Crippen molar-refractivity contribution in [2.75, 3.05) is 5.75 Å². The number of rotatable bonds is 6. The van der Waals surface area contributed by atoms with E-state index in [1.165, 1.54) is 4.31 Å². The van der Waals surface area contributed by atoms with Crippen LogP contribution in [0.1, 0.15) is 38.1 Å². The van der Waals surface area contributed by atoms with Gasteiger partial charge in [-0.3, -0.25) is 4.79 Å². The van der Waals surface area contributed by atoms with Crippen molar-refractivity contribution >= 4 is 15.8 Å². The minimum absolute atomic E-state index is 0.319. The summed E-state index contributed by atoms with van der Waals surface area (Å²) in [5, 5.41) is 0. The zero-order valence-electron chi connectivity index (χ0n) is 12.4. The van der Waals surface area contributed by atoms with E-state index in [2.05, 4.69) is 0 Å². The largest absolute Gasteiger partial charge is 0.293 e. The third-order valence-corrected chi connectivity index (χ3v) is 5.00. The van der Waals surface area contributed by atoms with Crippen LogP contribution in [0, 0.1) is 11.6 Å². The van der Waals surface area contributed by atoms with Crippen molar-refractivity contribution in [1.82, 2.24) is 4.31 Å². The average molecular weight is 319 g/mol. The Hall–Kier alpha value is -1.34. The van der Waals surface area contributed by atoms with Gasteiger partial charge in [-0.1, -0.05) is 0 Å². The summed E-state index contributed by atoms with van der Waals surface area (Å²) in [6.07, 6.45) is 0. The number of carbonyl (C=O) groups excluding carboxylic acids is 1. The highest BCUT2D eigenvalue weighted by Gasteiger charge is 2.30. The van der Waals surface area contributed by atoms with Gasteiger partial charge in [0, 0.05) is 18.2 Å². The van der Waals surface area contributed by atoms with E-state index in [-0.39, 0.29) is 12.1 Å². The second-order valence-electron chi connectivity index (χ2n) is 5.32. The van der Waals surface area contributed by atoms with Crippen LogP contribution < -0.4 is 0 Å². The lowest BCUT2D eigenvalue weighted by Gasteiger charge is -2.29. The quantitative estimate of drug-likeness (QED) is 0.757. The van der Waals surface area contributed by atoms with Crippen molar-refractivity contribution < 1.29 is 22.0 Å². The molecule has 0 unspecified atom stereocenters. The number of hydrogen-bond donors (Lipinski definition) is 0. The lowest BCUT2D eigenvalue weighted by atomic mass is 10.1. The molecule has 0 heterocycles. The van der Waals surface area contributed by atoms with Gasteiger partial charge >= 0.3 is 0 Å². The molecule has 1 rings (SSSR count). The highest BCUT2D eigenvalue weighted by atomic mass is 32.2. The average Bonchev–Trinajstić information content (AvgIpc) is 2.25. The molecular weight excluding hydrogens is 300 g/mol. The van der Waals surface area contributed by atoms with E-state index in [1.54, 1.807) is 27.7 Å². The van der Waals surface area contributed by atoms with Crippen LogP contribution in [0.3, 0.4) is 0 Å². The van der Waals surface area contributed by atoms with Crippen LogP contribution in [0.2, 0.25) is 0 Å².